The summed E-state index contributed by atoms with van der Waals surface area (Å²) in [6.45, 7) is 1.30. The minimum Gasteiger partial charge on any atom is -0.300 e. The molecule has 1 saturated heterocycles. The van der Waals surface area contributed by atoms with Gasteiger partial charge < -0.3 is 5.32 Å². The lowest BCUT2D eigenvalue weighted by Gasteiger charge is -2.11. The monoisotopic (exact) mass is 509 g/mol. The topological polar surface area (TPSA) is 78.8 Å². The van der Waals surface area contributed by atoms with Gasteiger partial charge in [0.2, 0.25) is 5.91 Å². The molecule has 3 amide bonds. The summed E-state index contributed by atoms with van der Waals surface area (Å²) in [6.07, 6.45) is 0. The zero-order valence-electron chi connectivity index (χ0n) is 14.6. The van der Waals surface area contributed by atoms with Gasteiger partial charge >= 0.3 is 0 Å². The molecule has 4 rings (SSSR count). The number of rotatable bonds is 1. The van der Waals surface area contributed by atoms with E-state index in [1.165, 1.54) is 6.92 Å². The second-order valence-corrected chi connectivity index (χ2v) is 8.85. The molecule has 2 aliphatic heterocycles. The number of aliphatic imine (C=N–C) groups is 1. The highest BCUT2D eigenvalue weighted by molar-refractivity contribution is 9.10. The number of anilines is 1. The molecule has 0 unspecified atom stereocenters. The highest BCUT2D eigenvalue weighted by atomic mass is 79.9. The molecule has 0 bridgehead atoms. The van der Waals surface area contributed by atoms with E-state index in [1.807, 2.05) is 0 Å². The molecule has 146 valence electrons. The van der Waals surface area contributed by atoms with Gasteiger partial charge in [-0.3, -0.25) is 14.4 Å². The molecule has 1 fully saturated rings. The van der Waals surface area contributed by atoms with Crippen molar-refractivity contribution in [3.8, 4) is 0 Å². The van der Waals surface area contributed by atoms with Crippen LogP contribution in [0.15, 0.2) is 50.8 Å². The zero-order chi connectivity index (χ0) is 20.9. The Kier molecular flexibility index (Phi) is 5.29. The van der Waals surface area contributed by atoms with Crippen LogP contribution in [0.3, 0.4) is 0 Å². The van der Waals surface area contributed by atoms with E-state index in [2.05, 4.69) is 26.2 Å². The van der Waals surface area contributed by atoms with Crippen molar-refractivity contribution in [1.82, 2.24) is 5.32 Å². The number of hydrogen-bond acceptors (Lipinski definition) is 5. The molecule has 0 spiro atoms. The number of imide groups is 1. The fourth-order valence-electron chi connectivity index (χ4n) is 2.99. The van der Waals surface area contributed by atoms with E-state index in [9.17, 15) is 14.4 Å². The SMILES string of the molecule is CC(=O)N1C(=O)/C(=C2\SC(=Nc3ccc(Cl)cc3Cl)NC2=O)c2cc(Br)ccc21. The molecule has 1 N–H and O–H groups in total. The molecule has 0 saturated carbocycles. The quantitative estimate of drug-likeness (QED) is 0.553. The Morgan fingerprint density at radius 1 is 1.17 bits per heavy atom. The van der Waals surface area contributed by atoms with Crippen LogP contribution in [0.25, 0.3) is 5.57 Å². The van der Waals surface area contributed by atoms with Gasteiger partial charge in [0, 0.05) is 22.0 Å². The molecule has 2 heterocycles. The van der Waals surface area contributed by atoms with E-state index in [-0.39, 0.29) is 15.6 Å². The lowest BCUT2D eigenvalue weighted by molar-refractivity contribution is -0.122. The van der Waals surface area contributed by atoms with Crippen molar-refractivity contribution in [2.45, 2.75) is 6.92 Å². The number of nitrogens with zero attached hydrogens (tertiary/aromatic N) is 2. The number of halogens is 3. The van der Waals surface area contributed by atoms with Gasteiger partial charge in [-0.05, 0) is 48.2 Å². The summed E-state index contributed by atoms with van der Waals surface area (Å²) < 4.78 is 0.720. The predicted molar refractivity (Wildman–Crippen MR) is 119 cm³/mol. The lowest BCUT2D eigenvalue weighted by Crippen LogP contribution is -2.31. The van der Waals surface area contributed by atoms with E-state index in [4.69, 9.17) is 23.2 Å². The summed E-state index contributed by atoms with van der Waals surface area (Å²) in [4.78, 5) is 43.2. The van der Waals surface area contributed by atoms with Crippen LogP contribution in [0, 0.1) is 0 Å². The first-order valence-corrected chi connectivity index (χ1v) is 10.5. The molecule has 2 aromatic carbocycles. The number of thioether (sulfide) groups is 1. The first-order chi connectivity index (χ1) is 13.8. The van der Waals surface area contributed by atoms with Crippen molar-refractivity contribution >= 4 is 90.7 Å². The number of nitrogens with one attached hydrogen (secondary N) is 1. The van der Waals surface area contributed by atoms with Gasteiger partial charge in [-0.15, -0.1) is 0 Å². The van der Waals surface area contributed by atoms with Gasteiger partial charge in [0.05, 0.1) is 26.9 Å². The Balaban J connectivity index is 1.81. The lowest BCUT2D eigenvalue weighted by atomic mass is 10.1. The molecule has 0 aliphatic carbocycles. The van der Waals surface area contributed by atoms with Gasteiger partial charge in [0.15, 0.2) is 5.17 Å². The van der Waals surface area contributed by atoms with Crippen LogP contribution < -0.4 is 10.2 Å². The number of amidine groups is 1. The van der Waals surface area contributed by atoms with Crippen LogP contribution in [-0.2, 0) is 14.4 Å². The normalized spacial score (nSPS) is 19.7. The van der Waals surface area contributed by atoms with Crippen molar-refractivity contribution in [3.05, 3.63) is 61.4 Å². The Labute approximate surface area is 188 Å². The van der Waals surface area contributed by atoms with Crippen LogP contribution in [-0.4, -0.2) is 22.9 Å². The molecular formula is C19H10BrCl2N3O3S. The third-order valence-electron chi connectivity index (χ3n) is 4.18. The molecule has 0 radical (unpaired) electrons. The van der Waals surface area contributed by atoms with Crippen LogP contribution in [0.5, 0.6) is 0 Å². The van der Waals surface area contributed by atoms with E-state index < -0.39 is 17.7 Å². The molecule has 2 aromatic rings. The number of benzene rings is 2. The molecular weight excluding hydrogens is 501 g/mol. The van der Waals surface area contributed by atoms with Gasteiger partial charge in [-0.25, -0.2) is 9.89 Å². The third kappa shape index (κ3) is 3.61. The summed E-state index contributed by atoms with van der Waals surface area (Å²) in [5.41, 5.74) is 1.53. The molecule has 2 aliphatic rings. The maximum atomic E-state index is 13.0. The zero-order valence-corrected chi connectivity index (χ0v) is 18.5. The van der Waals surface area contributed by atoms with Crippen LogP contribution in [0.4, 0.5) is 11.4 Å². The average Bonchev–Trinajstić information content (AvgIpc) is 3.13. The van der Waals surface area contributed by atoms with Gasteiger partial charge in [0.25, 0.3) is 11.8 Å². The van der Waals surface area contributed by atoms with E-state index in [0.717, 1.165) is 21.1 Å². The second-order valence-electron chi connectivity index (χ2n) is 6.09. The van der Waals surface area contributed by atoms with Crippen molar-refractivity contribution in [2.24, 2.45) is 4.99 Å². The van der Waals surface area contributed by atoms with Crippen LogP contribution in [0.1, 0.15) is 12.5 Å². The third-order valence-corrected chi connectivity index (χ3v) is 6.20. The fourth-order valence-corrected chi connectivity index (χ4v) is 4.73. The summed E-state index contributed by atoms with van der Waals surface area (Å²) in [5, 5.41) is 3.70. The standard InChI is InChI=1S/C19H10BrCl2N3O3S/c1-8(26)25-14-5-2-9(20)6-11(14)15(18(25)28)16-17(27)24-19(29-16)23-13-4-3-10(21)7-12(13)22/h2-7H,1H3,(H,23,24,27)/b16-15-. The average molecular weight is 511 g/mol. The maximum Gasteiger partial charge on any atom is 0.267 e. The summed E-state index contributed by atoms with van der Waals surface area (Å²) in [7, 11) is 0. The smallest absolute Gasteiger partial charge is 0.267 e. The van der Waals surface area contributed by atoms with Gasteiger partial charge in [-0.2, -0.15) is 0 Å². The molecule has 0 aromatic heterocycles. The van der Waals surface area contributed by atoms with E-state index in [1.54, 1.807) is 36.4 Å². The number of amides is 3. The second kappa shape index (κ2) is 7.60. The minimum atomic E-state index is -0.547. The van der Waals surface area contributed by atoms with Gasteiger partial charge in [-0.1, -0.05) is 39.1 Å². The number of hydrogen-bond donors (Lipinski definition) is 1. The molecule has 10 heteroatoms. The Hall–Kier alpha value is -2.13. The Morgan fingerprint density at radius 2 is 1.93 bits per heavy atom. The van der Waals surface area contributed by atoms with Gasteiger partial charge in [0.1, 0.15) is 0 Å². The molecule has 29 heavy (non-hydrogen) atoms. The minimum absolute atomic E-state index is 0.159. The Morgan fingerprint density at radius 3 is 2.62 bits per heavy atom. The van der Waals surface area contributed by atoms with E-state index in [0.29, 0.717) is 27.0 Å². The molecule has 0 atom stereocenters. The largest absolute Gasteiger partial charge is 0.300 e. The summed E-state index contributed by atoms with van der Waals surface area (Å²) in [5.74, 6) is -1.45. The number of carbonyl (C=O) groups excluding carboxylic acids is 3. The maximum absolute atomic E-state index is 13.0. The predicted octanol–water partition coefficient (Wildman–Crippen LogP) is 4.91. The number of carbonyl (C=O) groups is 3. The highest BCUT2D eigenvalue weighted by Gasteiger charge is 2.41. The summed E-state index contributed by atoms with van der Waals surface area (Å²) >= 11 is 16.4. The van der Waals surface area contributed by atoms with Crippen molar-refractivity contribution in [2.75, 3.05) is 4.90 Å². The number of fused-ring (bicyclic) bond motifs is 1. The first kappa shape index (κ1) is 20.2. The summed E-state index contributed by atoms with van der Waals surface area (Å²) in [6, 6.07) is 9.89. The first-order valence-electron chi connectivity index (χ1n) is 8.18. The van der Waals surface area contributed by atoms with E-state index >= 15 is 0 Å². The van der Waals surface area contributed by atoms with Crippen molar-refractivity contribution in [3.63, 3.8) is 0 Å². The van der Waals surface area contributed by atoms with Crippen LogP contribution in [0.2, 0.25) is 10.0 Å². The molecule has 6 nitrogen and oxygen atoms in total. The highest BCUT2D eigenvalue weighted by Crippen LogP contribution is 2.44. The van der Waals surface area contributed by atoms with Crippen molar-refractivity contribution < 1.29 is 14.4 Å². The van der Waals surface area contributed by atoms with Crippen LogP contribution >= 0.6 is 50.9 Å². The fraction of sp³-hybridized carbons (Fsp3) is 0.0526. The Bertz CT molecular complexity index is 1180. The van der Waals surface area contributed by atoms with Crippen molar-refractivity contribution in [1.29, 1.82) is 0 Å².